The fraction of sp³-hybridized carbons (Fsp3) is 0.467. The molecular weight excluding hydrogens is 631 g/mol. The van der Waals surface area contributed by atoms with E-state index < -0.39 is 32.6 Å². The lowest BCUT2D eigenvalue weighted by Crippen LogP contribution is -2.33. The number of hydrogen-bond donors (Lipinski definition) is 2. The van der Waals surface area contributed by atoms with Crippen LogP contribution in [0, 0.1) is 11.8 Å². The van der Waals surface area contributed by atoms with Crippen molar-refractivity contribution in [3.8, 4) is 17.6 Å². The van der Waals surface area contributed by atoms with Crippen molar-refractivity contribution in [1.82, 2.24) is 13.8 Å². The fourth-order valence-electron chi connectivity index (χ4n) is 5.01. The lowest BCUT2D eigenvalue weighted by Gasteiger charge is -2.24. The summed E-state index contributed by atoms with van der Waals surface area (Å²) in [5, 5.41) is 6.93. The number of halogens is 3. The summed E-state index contributed by atoms with van der Waals surface area (Å²) >= 11 is 0. The Bertz CT molecular complexity index is 1780. The van der Waals surface area contributed by atoms with Crippen LogP contribution in [0.15, 0.2) is 47.4 Å². The number of sulfone groups is 1. The van der Waals surface area contributed by atoms with Gasteiger partial charge in [0.15, 0.2) is 0 Å². The number of anilines is 2. The highest BCUT2D eigenvalue weighted by molar-refractivity contribution is 7.91. The van der Waals surface area contributed by atoms with Gasteiger partial charge in [-0.05, 0) is 63.2 Å². The first-order chi connectivity index (χ1) is 21.1. The Balaban J connectivity index is 1.55. The largest absolute Gasteiger partial charge is 0.495 e. The molecule has 0 unspecified atom stereocenters. The molecule has 0 radical (unpaired) electrons. The predicted molar refractivity (Wildman–Crippen MR) is 170 cm³/mol. The van der Waals surface area contributed by atoms with Crippen LogP contribution in [0.3, 0.4) is 0 Å². The van der Waals surface area contributed by atoms with Gasteiger partial charge in [0.2, 0.25) is 10.0 Å². The molecule has 0 atom stereocenters. The van der Waals surface area contributed by atoms with Gasteiger partial charge in [0, 0.05) is 43.3 Å². The average molecular weight is 670 g/mol. The number of methoxy groups -OCH3 is 1. The van der Waals surface area contributed by atoms with E-state index in [1.54, 1.807) is 30.3 Å². The van der Waals surface area contributed by atoms with Crippen molar-refractivity contribution in [2.24, 2.45) is 0 Å². The molecule has 1 saturated heterocycles. The summed E-state index contributed by atoms with van der Waals surface area (Å²) in [6.45, 7) is -0.329. The monoisotopic (exact) mass is 669 g/mol. The number of sulfonamides is 1. The van der Waals surface area contributed by atoms with Gasteiger partial charge in [-0.1, -0.05) is 12.0 Å². The molecule has 0 amide bonds. The van der Waals surface area contributed by atoms with E-state index in [2.05, 4.69) is 22.5 Å². The third kappa shape index (κ3) is 8.84. The van der Waals surface area contributed by atoms with Gasteiger partial charge in [-0.2, -0.15) is 17.5 Å². The Hall–Kier alpha value is -3.45. The van der Waals surface area contributed by atoms with E-state index in [0.29, 0.717) is 48.2 Å². The number of nitrogens with one attached hydrogen (secondary N) is 2. The molecule has 1 fully saturated rings. The lowest BCUT2D eigenvalue weighted by atomic mass is 10.1. The number of hydrogen-bond acceptors (Lipinski definition) is 8. The second-order valence-electron chi connectivity index (χ2n) is 11.2. The maximum atomic E-state index is 13.6. The van der Waals surface area contributed by atoms with Crippen LogP contribution in [-0.2, 0) is 26.4 Å². The normalized spacial score (nSPS) is 15.7. The van der Waals surface area contributed by atoms with Gasteiger partial charge in [0.25, 0.3) is 0 Å². The van der Waals surface area contributed by atoms with E-state index in [1.165, 1.54) is 30.6 Å². The van der Waals surface area contributed by atoms with Crippen LogP contribution < -0.4 is 15.4 Å². The molecule has 1 aliphatic heterocycles. The molecule has 3 aromatic rings. The average Bonchev–Trinajstić information content (AvgIpc) is 3.31. The Morgan fingerprint density at radius 1 is 1.04 bits per heavy atom. The fourth-order valence-corrected chi connectivity index (χ4v) is 7.68. The molecular formula is C30H38F3N5O5S2. The highest BCUT2D eigenvalue weighted by atomic mass is 32.2. The first kappa shape index (κ1) is 34.4. The molecule has 4 rings (SSSR count). The van der Waals surface area contributed by atoms with Crippen LogP contribution in [-0.4, -0.2) is 102 Å². The number of fused-ring (bicyclic) bond motifs is 1. The number of rotatable bonds is 11. The summed E-state index contributed by atoms with van der Waals surface area (Å²) in [7, 11) is -0.188. The van der Waals surface area contributed by atoms with Crippen LogP contribution in [0.2, 0.25) is 0 Å². The van der Waals surface area contributed by atoms with Gasteiger partial charge in [-0.3, -0.25) is 0 Å². The number of likely N-dealkylation sites (N-methyl/N-ethyl adjacent to an activating group) is 2. The van der Waals surface area contributed by atoms with Gasteiger partial charge in [0.05, 0.1) is 47.0 Å². The number of aromatic nitrogens is 1. The first-order valence-corrected chi connectivity index (χ1v) is 17.5. The quantitative estimate of drug-likeness (QED) is 0.297. The molecule has 0 bridgehead atoms. The smallest absolute Gasteiger partial charge is 0.406 e. The van der Waals surface area contributed by atoms with Gasteiger partial charge >= 0.3 is 6.18 Å². The van der Waals surface area contributed by atoms with E-state index in [9.17, 15) is 30.0 Å². The van der Waals surface area contributed by atoms with Gasteiger partial charge in [-0.15, -0.1) is 0 Å². The minimum atomic E-state index is -4.49. The van der Waals surface area contributed by atoms with Crippen molar-refractivity contribution in [3.63, 3.8) is 0 Å². The summed E-state index contributed by atoms with van der Waals surface area (Å²) in [5.74, 6) is 6.12. The number of ether oxygens (including phenoxy) is 1. The van der Waals surface area contributed by atoms with Crippen LogP contribution in [0.1, 0.15) is 18.5 Å². The molecule has 2 aromatic carbocycles. The molecule has 0 aliphatic carbocycles. The Labute approximate surface area is 262 Å². The van der Waals surface area contributed by atoms with E-state index in [0.717, 1.165) is 4.57 Å². The topological polar surface area (TPSA) is 113 Å². The second kappa shape index (κ2) is 13.9. The summed E-state index contributed by atoms with van der Waals surface area (Å²) in [6, 6.07) is 10.9. The molecule has 15 heteroatoms. The van der Waals surface area contributed by atoms with Crippen LogP contribution in [0.25, 0.3) is 10.9 Å². The van der Waals surface area contributed by atoms with Gasteiger partial charge < -0.3 is 24.8 Å². The zero-order chi connectivity index (χ0) is 33.0. The molecule has 246 valence electrons. The zero-order valence-corrected chi connectivity index (χ0v) is 27.2. The third-order valence-corrected chi connectivity index (χ3v) is 11.1. The highest BCUT2D eigenvalue weighted by Crippen LogP contribution is 2.32. The molecule has 0 saturated carbocycles. The summed E-state index contributed by atoms with van der Waals surface area (Å²) in [5.41, 5.74) is 1.61. The van der Waals surface area contributed by atoms with Crippen molar-refractivity contribution in [2.75, 3.05) is 70.0 Å². The SMILES string of the molecule is COc1cc(S(=O)(=O)N(C)CCN(C)C)ccc1NCC#Cc1cc2c(NC3CCS(=O)(=O)CC3)cccc2n1CC(F)(F)F. The van der Waals surface area contributed by atoms with Crippen LogP contribution in [0.5, 0.6) is 5.75 Å². The Morgan fingerprint density at radius 2 is 1.76 bits per heavy atom. The van der Waals surface area contributed by atoms with Crippen molar-refractivity contribution in [1.29, 1.82) is 0 Å². The third-order valence-electron chi connectivity index (χ3n) is 7.52. The van der Waals surface area contributed by atoms with Gasteiger partial charge in [-0.25, -0.2) is 16.8 Å². The maximum Gasteiger partial charge on any atom is 0.406 e. The molecule has 1 aromatic heterocycles. The minimum absolute atomic E-state index is 0.0421. The van der Waals surface area contributed by atoms with Gasteiger partial charge in [0.1, 0.15) is 22.1 Å². The Kier molecular flexibility index (Phi) is 10.6. The zero-order valence-electron chi connectivity index (χ0n) is 25.6. The summed E-state index contributed by atoms with van der Waals surface area (Å²) < 4.78 is 98.2. The van der Waals surface area contributed by atoms with Crippen molar-refractivity contribution >= 4 is 42.1 Å². The van der Waals surface area contributed by atoms with Crippen LogP contribution >= 0.6 is 0 Å². The standard InChI is InChI=1S/C30H38F3N5O5S2/c1-36(2)15-16-37(3)45(41,42)24-10-11-27(29(20-24)43-4)34-14-6-7-23-19-25-26(35-22-12-17-44(39,40)18-13-22)8-5-9-28(25)38(23)21-30(31,32)33/h5,8-11,19-20,22,34-35H,12-18,21H2,1-4H3. The van der Waals surface area contributed by atoms with Crippen LogP contribution in [0.4, 0.5) is 24.5 Å². The predicted octanol–water partition coefficient (Wildman–Crippen LogP) is 3.85. The molecule has 2 N–H and O–H groups in total. The summed E-state index contributed by atoms with van der Waals surface area (Å²) in [6.07, 6.45) is -3.65. The van der Waals surface area contributed by atoms with E-state index >= 15 is 0 Å². The molecule has 10 nitrogen and oxygen atoms in total. The van der Waals surface area contributed by atoms with Crippen molar-refractivity contribution < 1.29 is 34.7 Å². The van der Waals surface area contributed by atoms with E-state index in [-0.39, 0.29) is 40.4 Å². The van der Waals surface area contributed by atoms with Crippen molar-refractivity contribution in [2.45, 2.75) is 36.5 Å². The minimum Gasteiger partial charge on any atom is -0.495 e. The molecule has 0 spiro atoms. The molecule has 2 heterocycles. The second-order valence-corrected chi connectivity index (χ2v) is 15.5. The molecule has 1 aliphatic rings. The number of benzene rings is 2. The number of nitrogens with zero attached hydrogens (tertiary/aromatic N) is 3. The Morgan fingerprint density at radius 3 is 2.40 bits per heavy atom. The number of alkyl halides is 3. The summed E-state index contributed by atoms with van der Waals surface area (Å²) in [4.78, 5) is 1.94. The van der Waals surface area contributed by atoms with E-state index in [4.69, 9.17) is 4.74 Å². The first-order valence-electron chi connectivity index (χ1n) is 14.3. The van der Waals surface area contributed by atoms with Crippen molar-refractivity contribution in [3.05, 3.63) is 48.2 Å². The molecule has 45 heavy (non-hydrogen) atoms. The lowest BCUT2D eigenvalue weighted by molar-refractivity contribution is -0.140. The highest BCUT2D eigenvalue weighted by Gasteiger charge is 2.30. The maximum absolute atomic E-state index is 13.6. The van der Waals surface area contributed by atoms with E-state index in [1.807, 2.05) is 19.0 Å².